The van der Waals surface area contributed by atoms with Crippen LogP contribution in [0.5, 0.6) is 0 Å². The van der Waals surface area contributed by atoms with Crippen molar-refractivity contribution in [3.63, 3.8) is 0 Å². The molecule has 1 aromatic rings. The second-order valence-electron chi connectivity index (χ2n) is 5.37. The highest BCUT2D eigenvalue weighted by molar-refractivity contribution is 5.57. The zero-order valence-electron chi connectivity index (χ0n) is 13.5. The topological polar surface area (TPSA) is 49.8 Å². The highest BCUT2D eigenvalue weighted by Crippen LogP contribution is 2.21. The molecule has 4 heteroatoms. The van der Waals surface area contributed by atoms with Crippen molar-refractivity contribution < 1.29 is 0 Å². The Morgan fingerprint density at radius 3 is 2.45 bits per heavy atom. The zero-order chi connectivity index (χ0) is 14.8. The quantitative estimate of drug-likeness (QED) is 0.628. The Hall–Kier alpha value is -1.32. The van der Waals surface area contributed by atoms with Gasteiger partial charge in [-0.2, -0.15) is 0 Å². The molecular weight excluding hydrogens is 248 g/mol. The van der Waals surface area contributed by atoms with E-state index >= 15 is 0 Å². The van der Waals surface area contributed by atoms with E-state index in [-0.39, 0.29) is 0 Å². The Labute approximate surface area is 123 Å². The van der Waals surface area contributed by atoms with Crippen LogP contribution in [0.4, 0.5) is 11.6 Å². The molecule has 1 atom stereocenters. The smallest absolute Gasteiger partial charge is 0.134 e. The van der Waals surface area contributed by atoms with Crippen molar-refractivity contribution in [3.8, 4) is 0 Å². The number of hydrogen-bond donors (Lipinski definition) is 2. The molecule has 1 heterocycles. The fraction of sp³-hybridized carbons (Fsp3) is 0.750. The van der Waals surface area contributed by atoms with Crippen LogP contribution in [0.3, 0.4) is 0 Å². The van der Waals surface area contributed by atoms with Crippen LogP contribution in [0.15, 0.2) is 6.33 Å². The number of anilines is 2. The second kappa shape index (κ2) is 9.56. The highest BCUT2D eigenvalue weighted by Gasteiger charge is 2.11. The van der Waals surface area contributed by atoms with E-state index in [1.54, 1.807) is 6.33 Å². The zero-order valence-corrected chi connectivity index (χ0v) is 13.5. The van der Waals surface area contributed by atoms with E-state index < -0.39 is 0 Å². The van der Waals surface area contributed by atoms with E-state index in [0.717, 1.165) is 31.0 Å². The van der Waals surface area contributed by atoms with Crippen molar-refractivity contribution >= 4 is 11.6 Å². The van der Waals surface area contributed by atoms with Gasteiger partial charge in [-0.3, -0.25) is 0 Å². The molecule has 0 aliphatic rings. The minimum atomic E-state index is 0.459. The van der Waals surface area contributed by atoms with Gasteiger partial charge in [0.2, 0.25) is 0 Å². The predicted octanol–water partition coefficient (Wildman–Crippen LogP) is 4.24. The average molecular weight is 278 g/mol. The van der Waals surface area contributed by atoms with Crippen molar-refractivity contribution in [1.29, 1.82) is 0 Å². The summed E-state index contributed by atoms with van der Waals surface area (Å²) in [6, 6.07) is 0.459. The van der Waals surface area contributed by atoms with Crippen molar-refractivity contribution in [2.45, 2.75) is 72.3 Å². The molecule has 1 rings (SSSR count). The fourth-order valence-electron chi connectivity index (χ4n) is 2.27. The van der Waals surface area contributed by atoms with Crippen LogP contribution in [0, 0.1) is 0 Å². The number of unbranched alkanes of at least 4 members (excludes halogenated alkanes) is 2. The molecule has 0 saturated heterocycles. The first kappa shape index (κ1) is 16.7. The Bertz CT molecular complexity index is 379. The van der Waals surface area contributed by atoms with Gasteiger partial charge in [-0.1, -0.05) is 40.0 Å². The lowest BCUT2D eigenvalue weighted by molar-refractivity contribution is 0.613. The molecule has 0 spiro atoms. The highest BCUT2D eigenvalue weighted by atomic mass is 15.1. The molecule has 0 fully saturated rings. The van der Waals surface area contributed by atoms with Gasteiger partial charge in [0.05, 0.1) is 0 Å². The summed E-state index contributed by atoms with van der Waals surface area (Å²) in [7, 11) is 0. The summed E-state index contributed by atoms with van der Waals surface area (Å²) >= 11 is 0. The van der Waals surface area contributed by atoms with E-state index in [2.05, 4.69) is 48.3 Å². The van der Waals surface area contributed by atoms with Gasteiger partial charge in [-0.05, 0) is 26.2 Å². The SMILES string of the molecule is CCCCCC(C)Nc1ncnc(NCCC)c1CC. The summed E-state index contributed by atoms with van der Waals surface area (Å²) in [4.78, 5) is 8.79. The fourth-order valence-corrected chi connectivity index (χ4v) is 2.27. The summed E-state index contributed by atoms with van der Waals surface area (Å²) in [5, 5.41) is 6.93. The maximum absolute atomic E-state index is 4.42. The van der Waals surface area contributed by atoms with E-state index in [1.807, 2.05) is 0 Å². The molecule has 20 heavy (non-hydrogen) atoms. The molecule has 114 valence electrons. The second-order valence-corrected chi connectivity index (χ2v) is 5.37. The number of nitrogens with one attached hydrogen (secondary N) is 2. The molecule has 0 aliphatic carbocycles. The van der Waals surface area contributed by atoms with Crippen LogP contribution in [-0.4, -0.2) is 22.6 Å². The number of hydrogen-bond acceptors (Lipinski definition) is 4. The predicted molar refractivity (Wildman–Crippen MR) is 87.4 cm³/mol. The first-order valence-electron chi connectivity index (χ1n) is 8.07. The van der Waals surface area contributed by atoms with Crippen molar-refractivity contribution in [1.82, 2.24) is 9.97 Å². The largest absolute Gasteiger partial charge is 0.370 e. The maximum Gasteiger partial charge on any atom is 0.134 e. The molecule has 4 nitrogen and oxygen atoms in total. The first-order chi connectivity index (χ1) is 9.72. The molecular formula is C16H30N4. The van der Waals surface area contributed by atoms with Crippen molar-refractivity contribution in [3.05, 3.63) is 11.9 Å². The van der Waals surface area contributed by atoms with Gasteiger partial charge < -0.3 is 10.6 Å². The summed E-state index contributed by atoms with van der Waals surface area (Å²) in [5.74, 6) is 1.97. The summed E-state index contributed by atoms with van der Waals surface area (Å²) < 4.78 is 0. The third-order valence-electron chi connectivity index (χ3n) is 3.47. The van der Waals surface area contributed by atoms with Crippen molar-refractivity contribution in [2.24, 2.45) is 0 Å². The van der Waals surface area contributed by atoms with Crippen LogP contribution in [0.1, 0.15) is 65.4 Å². The molecule has 2 N–H and O–H groups in total. The van der Waals surface area contributed by atoms with Crippen LogP contribution < -0.4 is 10.6 Å². The molecule has 1 unspecified atom stereocenters. The van der Waals surface area contributed by atoms with Crippen LogP contribution in [0.25, 0.3) is 0 Å². The summed E-state index contributed by atoms with van der Waals surface area (Å²) in [6.07, 6.45) is 8.74. The third kappa shape index (κ3) is 5.35. The van der Waals surface area contributed by atoms with Gasteiger partial charge in [0.25, 0.3) is 0 Å². The molecule has 0 aliphatic heterocycles. The standard InChI is InChI=1S/C16H30N4/c1-5-8-9-10-13(4)20-16-14(7-3)15(17-11-6-2)18-12-19-16/h12-13H,5-11H2,1-4H3,(H2,17,18,19,20). The Morgan fingerprint density at radius 1 is 1.05 bits per heavy atom. The third-order valence-corrected chi connectivity index (χ3v) is 3.47. The summed E-state index contributed by atoms with van der Waals surface area (Å²) in [6.45, 7) is 9.74. The monoisotopic (exact) mass is 278 g/mol. The molecule has 0 saturated carbocycles. The van der Waals surface area contributed by atoms with Crippen molar-refractivity contribution in [2.75, 3.05) is 17.2 Å². The molecule has 0 amide bonds. The van der Waals surface area contributed by atoms with Gasteiger partial charge >= 0.3 is 0 Å². The van der Waals surface area contributed by atoms with E-state index in [9.17, 15) is 0 Å². The summed E-state index contributed by atoms with van der Waals surface area (Å²) in [5.41, 5.74) is 1.20. The van der Waals surface area contributed by atoms with E-state index in [4.69, 9.17) is 0 Å². The van der Waals surface area contributed by atoms with Gasteiger partial charge in [0.1, 0.15) is 18.0 Å². The van der Waals surface area contributed by atoms with Gasteiger partial charge in [-0.25, -0.2) is 9.97 Å². The molecule has 1 aromatic heterocycles. The lowest BCUT2D eigenvalue weighted by atomic mass is 10.1. The van der Waals surface area contributed by atoms with E-state index in [1.165, 1.54) is 31.2 Å². The first-order valence-corrected chi connectivity index (χ1v) is 8.07. The lowest BCUT2D eigenvalue weighted by Crippen LogP contribution is -2.18. The van der Waals surface area contributed by atoms with Gasteiger partial charge in [0, 0.05) is 18.2 Å². The van der Waals surface area contributed by atoms with Crippen LogP contribution >= 0.6 is 0 Å². The molecule has 0 aromatic carbocycles. The van der Waals surface area contributed by atoms with E-state index in [0.29, 0.717) is 6.04 Å². The number of rotatable bonds is 10. The lowest BCUT2D eigenvalue weighted by Gasteiger charge is -2.18. The number of nitrogens with zero attached hydrogens (tertiary/aromatic N) is 2. The maximum atomic E-state index is 4.42. The molecule has 0 radical (unpaired) electrons. The Kier molecular flexibility index (Phi) is 8.00. The Morgan fingerprint density at radius 2 is 1.80 bits per heavy atom. The van der Waals surface area contributed by atoms with Crippen LogP contribution in [-0.2, 0) is 6.42 Å². The van der Waals surface area contributed by atoms with Gasteiger partial charge in [-0.15, -0.1) is 0 Å². The minimum absolute atomic E-state index is 0.459. The average Bonchev–Trinajstić information content (AvgIpc) is 2.45. The van der Waals surface area contributed by atoms with Gasteiger partial charge in [0.15, 0.2) is 0 Å². The molecule has 0 bridgehead atoms. The van der Waals surface area contributed by atoms with Crippen LogP contribution in [0.2, 0.25) is 0 Å². The minimum Gasteiger partial charge on any atom is -0.370 e. The number of aromatic nitrogens is 2. The normalized spacial score (nSPS) is 12.2. The Balaban J connectivity index is 2.68.